The summed E-state index contributed by atoms with van der Waals surface area (Å²) in [6.45, 7) is -0.416. The summed E-state index contributed by atoms with van der Waals surface area (Å²) in [5.41, 5.74) is 6.79. The number of carbonyl (C=O) groups is 2. The van der Waals surface area contributed by atoms with Gasteiger partial charge in [-0.3, -0.25) is 19.4 Å². The second kappa shape index (κ2) is 12.4. The van der Waals surface area contributed by atoms with Crippen molar-refractivity contribution in [1.82, 2.24) is 19.8 Å². The molecular formula is C34H30F6N6O2S2. The minimum absolute atomic E-state index is 0.116. The predicted octanol–water partition coefficient (Wildman–Crippen LogP) is 6.51. The molecule has 0 bridgehead atoms. The van der Waals surface area contributed by atoms with Gasteiger partial charge in [0.05, 0.1) is 24.5 Å². The SMILES string of the molecule is O=C(c1nc2c(s1)CN(CC(F)(F)F)CC2)N1CCc2c(-c3cccc4c3CCN4C(=O)c3nc4c(s3)CN(CC(F)(F)F)CC4)cccc21. The molecule has 4 aliphatic rings. The van der Waals surface area contributed by atoms with Gasteiger partial charge in [0.2, 0.25) is 0 Å². The zero-order chi connectivity index (χ0) is 34.9. The first-order chi connectivity index (χ1) is 23.8. The number of nitrogens with zero attached hydrogens (tertiary/aromatic N) is 6. The van der Waals surface area contributed by atoms with E-state index in [1.807, 2.05) is 36.4 Å². The molecule has 2 amide bonds. The van der Waals surface area contributed by atoms with E-state index in [4.69, 9.17) is 0 Å². The molecule has 50 heavy (non-hydrogen) atoms. The van der Waals surface area contributed by atoms with E-state index in [9.17, 15) is 35.9 Å². The zero-order valence-electron chi connectivity index (χ0n) is 26.5. The Kier molecular flexibility index (Phi) is 8.27. The predicted molar refractivity (Wildman–Crippen MR) is 177 cm³/mol. The van der Waals surface area contributed by atoms with Crippen molar-refractivity contribution in [3.05, 3.63) is 78.7 Å². The van der Waals surface area contributed by atoms with Crippen LogP contribution in [0.4, 0.5) is 37.7 Å². The van der Waals surface area contributed by atoms with Gasteiger partial charge in [-0.1, -0.05) is 24.3 Å². The molecule has 8 rings (SSSR count). The van der Waals surface area contributed by atoms with Gasteiger partial charge in [-0.25, -0.2) is 9.97 Å². The fourth-order valence-corrected chi connectivity index (χ4v) is 9.68. The lowest BCUT2D eigenvalue weighted by molar-refractivity contribution is -0.148. The molecule has 0 aliphatic carbocycles. The lowest BCUT2D eigenvalue weighted by atomic mass is 9.93. The highest BCUT2D eigenvalue weighted by Crippen LogP contribution is 2.43. The number of benzene rings is 2. The monoisotopic (exact) mass is 732 g/mol. The highest BCUT2D eigenvalue weighted by Gasteiger charge is 2.37. The summed E-state index contributed by atoms with van der Waals surface area (Å²) in [6, 6.07) is 11.6. The van der Waals surface area contributed by atoms with Gasteiger partial charge in [-0.05, 0) is 47.2 Å². The molecule has 0 unspecified atom stereocenters. The van der Waals surface area contributed by atoms with E-state index in [2.05, 4.69) is 9.97 Å². The highest BCUT2D eigenvalue weighted by molar-refractivity contribution is 7.14. The van der Waals surface area contributed by atoms with Gasteiger partial charge in [0, 0.05) is 73.2 Å². The summed E-state index contributed by atoms with van der Waals surface area (Å²) in [6.07, 6.45) is -6.66. The average Bonchev–Trinajstić information content (AvgIpc) is 3.86. The van der Waals surface area contributed by atoms with Crippen molar-refractivity contribution in [1.29, 1.82) is 0 Å². The van der Waals surface area contributed by atoms with Gasteiger partial charge in [-0.2, -0.15) is 26.3 Å². The van der Waals surface area contributed by atoms with E-state index < -0.39 is 25.4 Å². The first-order valence-corrected chi connectivity index (χ1v) is 17.9. The number of hydrogen-bond donors (Lipinski definition) is 0. The van der Waals surface area contributed by atoms with Gasteiger partial charge < -0.3 is 9.80 Å². The van der Waals surface area contributed by atoms with Gasteiger partial charge in [0.15, 0.2) is 10.0 Å². The Hall–Kier alpha value is -3.86. The fraction of sp³-hybridized carbons (Fsp3) is 0.412. The summed E-state index contributed by atoms with van der Waals surface area (Å²) >= 11 is 2.33. The Labute approximate surface area is 290 Å². The Morgan fingerprint density at radius 3 is 1.44 bits per heavy atom. The number of aromatic nitrogens is 2. The van der Waals surface area contributed by atoms with Crippen molar-refractivity contribution in [2.45, 2.75) is 51.1 Å². The van der Waals surface area contributed by atoms with Crippen LogP contribution in [0.1, 0.15) is 51.9 Å². The molecule has 2 aromatic carbocycles. The Morgan fingerprint density at radius 2 is 1.04 bits per heavy atom. The normalized spacial score (nSPS) is 17.9. The van der Waals surface area contributed by atoms with Crippen LogP contribution in [0.15, 0.2) is 36.4 Å². The van der Waals surface area contributed by atoms with Crippen LogP contribution in [0.25, 0.3) is 11.1 Å². The Balaban J connectivity index is 1.02. The number of carbonyl (C=O) groups excluding carboxylic acids is 2. The summed E-state index contributed by atoms with van der Waals surface area (Å²) in [5, 5.41) is 0.544. The molecule has 0 spiro atoms. The third kappa shape index (κ3) is 6.31. The lowest BCUT2D eigenvalue weighted by Gasteiger charge is -2.26. The molecule has 2 aromatic heterocycles. The molecular weight excluding hydrogens is 703 g/mol. The van der Waals surface area contributed by atoms with Gasteiger partial charge in [0.1, 0.15) is 0 Å². The van der Waals surface area contributed by atoms with Gasteiger partial charge in [0.25, 0.3) is 11.8 Å². The average molecular weight is 733 g/mol. The van der Waals surface area contributed by atoms with Crippen LogP contribution in [0.5, 0.6) is 0 Å². The van der Waals surface area contributed by atoms with E-state index in [0.717, 1.165) is 56.3 Å². The Morgan fingerprint density at radius 1 is 0.620 bits per heavy atom. The summed E-state index contributed by atoms with van der Waals surface area (Å²) in [5.74, 6) is -0.546. The molecule has 0 atom stereocenters. The van der Waals surface area contributed by atoms with Crippen LogP contribution < -0.4 is 9.80 Å². The number of rotatable bonds is 5. The number of anilines is 2. The van der Waals surface area contributed by atoms with Crippen LogP contribution in [-0.4, -0.2) is 83.2 Å². The molecule has 0 radical (unpaired) electrons. The largest absolute Gasteiger partial charge is 0.401 e. The zero-order valence-corrected chi connectivity index (χ0v) is 28.2. The second-order valence-electron chi connectivity index (χ2n) is 12.9. The maximum absolute atomic E-state index is 13.8. The molecule has 16 heteroatoms. The molecule has 0 saturated carbocycles. The molecule has 4 aromatic rings. The summed E-state index contributed by atoms with van der Waals surface area (Å²) < 4.78 is 77.9. The van der Waals surface area contributed by atoms with E-state index >= 15 is 0 Å². The topological polar surface area (TPSA) is 72.9 Å². The molecule has 8 nitrogen and oxygen atoms in total. The third-order valence-electron chi connectivity index (χ3n) is 9.63. The fourth-order valence-electron chi connectivity index (χ4n) is 7.48. The first-order valence-electron chi connectivity index (χ1n) is 16.2. The second-order valence-corrected chi connectivity index (χ2v) is 15.1. The van der Waals surface area contributed by atoms with Crippen molar-refractivity contribution in [2.24, 2.45) is 0 Å². The van der Waals surface area contributed by atoms with Gasteiger partial charge in [-0.15, -0.1) is 22.7 Å². The summed E-state index contributed by atoms with van der Waals surface area (Å²) in [4.78, 5) is 44.0. The highest BCUT2D eigenvalue weighted by atomic mass is 32.1. The molecule has 0 saturated heterocycles. The van der Waals surface area contributed by atoms with Crippen molar-refractivity contribution in [3.63, 3.8) is 0 Å². The number of thiazole rings is 2. The maximum Gasteiger partial charge on any atom is 0.401 e. The molecule has 0 N–H and O–H groups in total. The molecule has 4 aliphatic heterocycles. The molecule has 262 valence electrons. The van der Waals surface area contributed by atoms with Crippen LogP contribution in [-0.2, 0) is 38.8 Å². The third-order valence-corrected chi connectivity index (χ3v) is 11.8. The van der Waals surface area contributed by atoms with Crippen molar-refractivity contribution < 1.29 is 35.9 Å². The molecule has 6 heterocycles. The van der Waals surface area contributed by atoms with Crippen LogP contribution in [0.3, 0.4) is 0 Å². The van der Waals surface area contributed by atoms with E-state index in [1.165, 1.54) is 9.80 Å². The maximum atomic E-state index is 13.8. The van der Waals surface area contributed by atoms with E-state index in [1.54, 1.807) is 9.80 Å². The standard InChI is InChI=1S/C34H30F6N6O2S2/c35-33(36,37)17-43-11-9-23-27(15-43)49-29(41-23)31(47)45-13-7-21-19(3-1-5-25(21)45)20-4-2-6-26-22(20)8-14-46(26)32(48)30-42-24-10-12-44(16-28(24)50-30)18-34(38,39)40/h1-6H,7-18H2. The van der Waals surface area contributed by atoms with E-state index in [0.29, 0.717) is 59.9 Å². The minimum Gasteiger partial charge on any atom is -0.306 e. The quantitative estimate of drug-likeness (QED) is 0.218. The van der Waals surface area contributed by atoms with Crippen LogP contribution in [0.2, 0.25) is 0 Å². The van der Waals surface area contributed by atoms with Crippen LogP contribution in [0, 0.1) is 0 Å². The number of amides is 2. The van der Waals surface area contributed by atoms with Crippen LogP contribution >= 0.6 is 22.7 Å². The molecule has 0 fully saturated rings. The van der Waals surface area contributed by atoms with Crippen molar-refractivity contribution in [3.8, 4) is 11.1 Å². The smallest absolute Gasteiger partial charge is 0.306 e. The minimum atomic E-state index is -4.29. The first kappa shape index (κ1) is 33.3. The lowest BCUT2D eigenvalue weighted by Crippen LogP contribution is -2.37. The van der Waals surface area contributed by atoms with Crippen molar-refractivity contribution >= 4 is 45.9 Å². The van der Waals surface area contributed by atoms with Crippen molar-refractivity contribution in [2.75, 3.05) is 49.1 Å². The number of halogens is 6. The van der Waals surface area contributed by atoms with E-state index in [-0.39, 0.29) is 48.0 Å². The number of alkyl halides is 6. The number of fused-ring (bicyclic) bond motifs is 4. The summed E-state index contributed by atoms with van der Waals surface area (Å²) in [7, 11) is 0. The number of hydrogen-bond acceptors (Lipinski definition) is 8. The van der Waals surface area contributed by atoms with Gasteiger partial charge >= 0.3 is 12.4 Å². The Bertz CT molecular complexity index is 1860.